The Hall–Kier alpha value is -2.79. The van der Waals surface area contributed by atoms with Crippen LogP contribution < -0.4 is 0 Å². The summed E-state index contributed by atoms with van der Waals surface area (Å²) in [7, 11) is 0. The van der Waals surface area contributed by atoms with Crippen molar-refractivity contribution in [3.8, 4) is 0 Å². The van der Waals surface area contributed by atoms with Crippen LogP contribution in [0.3, 0.4) is 0 Å². The van der Waals surface area contributed by atoms with Gasteiger partial charge in [0.15, 0.2) is 0 Å². The van der Waals surface area contributed by atoms with E-state index in [0.29, 0.717) is 18.7 Å². The van der Waals surface area contributed by atoms with E-state index in [2.05, 4.69) is 42.7 Å². The van der Waals surface area contributed by atoms with Crippen LogP contribution in [0, 0.1) is 6.92 Å². The van der Waals surface area contributed by atoms with Gasteiger partial charge < -0.3 is 4.57 Å². The SMILES string of the molecule is C=CCN(Cc1ccc(C)cc1)Cc1cccn1Cc1cccc(C(F)(F)F)c1. The Balaban J connectivity index is 1.74. The number of halogens is 3. The Morgan fingerprint density at radius 1 is 0.966 bits per heavy atom. The quantitative estimate of drug-likeness (QED) is 0.419. The molecule has 2 aromatic carbocycles. The number of nitrogens with zero attached hydrogens (tertiary/aromatic N) is 2. The van der Waals surface area contributed by atoms with E-state index in [0.717, 1.165) is 24.8 Å². The van der Waals surface area contributed by atoms with Gasteiger partial charge in [-0.1, -0.05) is 48.0 Å². The van der Waals surface area contributed by atoms with Crippen molar-refractivity contribution in [3.63, 3.8) is 0 Å². The van der Waals surface area contributed by atoms with Crippen molar-refractivity contribution in [3.05, 3.63) is 107 Å². The minimum absolute atomic E-state index is 0.402. The average molecular weight is 398 g/mol. The van der Waals surface area contributed by atoms with Crippen LogP contribution in [0.2, 0.25) is 0 Å². The van der Waals surface area contributed by atoms with Gasteiger partial charge in [0.25, 0.3) is 0 Å². The summed E-state index contributed by atoms with van der Waals surface area (Å²) in [5, 5.41) is 0. The molecule has 0 N–H and O–H groups in total. The fraction of sp³-hybridized carbons (Fsp3) is 0.250. The lowest BCUT2D eigenvalue weighted by Gasteiger charge is -2.22. The second-order valence-electron chi connectivity index (χ2n) is 7.27. The van der Waals surface area contributed by atoms with Crippen molar-refractivity contribution in [2.24, 2.45) is 0 Å². The van der Waals surface area contributed by atoms with Crippen molar-refractivity contribution >= 4 is 0 Å². The molecule has 5 heteroatoms. The lowest BCUT2D eigenvalue weighted by Crippen LogP contribution is -2.24. The summed E-state index contributed by atoms with van der Waals surface area (Å²) in [5.74, 6) is 0. The molecule has 0 radical (unpaired) electrons. The Bertz CT molecular complexity index is 939. The van der Waals surface area contributed by atoms with Gasteiger partial charge in [0.05, 0.1) is 5.56 Å². The maximum Gasteiger partial charge on any atom is 0.416 e. The summed E-state index contributed by atoms with van der Waals surface area (Å²) in [6.45, 7) is 8.51. The van der Waals surface area contributed by atoms with Crippen LogP contribution in [0.1, 0.15) is 27.9 Å². The van der Waals surface area contributed by atoms with E-state index >= 15 is 0 Å². The molecule has 0 aliphatic carbocycles. The predicted molar refractivity (Wildman–Crippen MR) is 110 cm³/mol. The third kappa shape index (κ3) is 5.84. The smallest absolute Gasteiger partial charge is 0.346 e. The number of alkyl halides is 3. The Labute approximate surface area is 169 Å². The molecule has 0 saturated carbocycles. The van der Waals surface area contributed by atoms with Gasteiger partial charge in [-0.25, -0.2) is 0 Å². The predicted octanol–water partition coefficient (Wildman–Crippen LogP) is 6.05. The first kappa shape index (κ1) is 20.9. The average Bonchev–Trinajstić information content (AvgIpc) is 3.10. The number of hydrogen-bond donors (Lipinski definition) is 0. The van der Waals surface area contributed by atoms with Crippen LogP contribution in [0.4, 0.5) is 13.2 Å². The fourth-order valence-corrected chi connectivity index (χ4v) is 3.34. The first-order chi connectivity index (χ1) is 13.8. The minimum atomic E-state index is -4.33. The minimum Gasteiger partial charge on any atom is -0.346 e. The van der Waals surface area contributed by atoms with Crippen LogP contribution in [0.15, 0.2) is 79.5 Å². The van der Waals surface area contributed by atoms with E-state index in [1.54, 1.807) is 6.07 Å². The van der Waals surface area contributed by atoms with Gasteiger partial charge in [0.2, 0.25) is 0 Å². The number of rotatable bonds is 8. The summed E-state index contributed by atoms with van der Waals surface area (Å²) in [6.07, 6.45) is -0.549. The molecular formula is C24H25F3N2. The maximum absolute atomic E-state index is 13.0. The third-order valence-corrected chi connectivity index (χ3v) is 4.83. The van der Waals surface area contributed by atoms with Gasteiger partial charge in [0, 0.05) is 38.1 Å². The molecule has 0 bridgehead atoms. The molecule has 1 aromatic heterocycles. The van der Waals surface area contributed by atoms with Crippen LogP contribution in [0.5, 0.6) is 0 Å². The molecule has 152 valence electrons. The summed E-state index contributed by atoms with van der Waals surface area (Å²) in [4.78, 5) is 2.26. The molecule has 3 rings (SSSR count). The zero-order chi connectivity index (χ0) is 20.9. The molecule has 0 atom stereocenters. The number of aryl methyl sites for hydroxylation is 1. The van der Waals surface area contributed by atoms with Crippen molar-refractivity contribution in [1.82, 2.24) is 9.47 Å². The van der Waals surface area contributed by atoms with E-state index in [4.69, 9.17) is 0 Å². The van der Waals surface area contributed by atoms with Gasteiger partial charge in [-0.05, 0) is 42.3 Å². The summed E-state index contributed by atoms with van der Waals surface area (Å²) < 4.78 is 41.0. The largest absolute Gasteiger partial charge is 0.416 e. The van der Waals surface area contributed by atoms with Crippen molar-refractivity contribution < 1.29 is 13.2 Å². The molecule has 0 amide bonds. The highest BCUT2D eigenvalue weighted by Gasteiger charge is 2.30. The normalized spacial score (nSPS) is 11.8. The van der Waals surface area contributed by atoms with Gasteiger partial charge in [-0.2, -0.15) is 13.2 Å². The van der Waals surface area contributed by atoms with Crippen LogP contribution in [-0.4, -0.2) is 16.0 Å². The van der Waals surface area contributed by atoms with Gasteiger partial charge in [-0.15, -0.1) is 6.58 Å². The van der Waals surface area contributed by atoms with Gasteiger partial charge in [-0.3, -0.25) is 4.90 Å². The molecule has 29 heavy (non-hydrogen) atoms. The van der Waals surface area contributed by atoms with E-state index < -0.39 is 11.7 Å². The molecule has 0 saturated heterocycles. The van der Waals surface area contributed by atoms with Crippen molar-refractivity contribution in [2.45, 2.75) is 32.7 Å². The Kier molecular flexibility index (Phi) is 6.60. The highest BCUT2D eigenvalue weighted by Crippen LogP contribution is 2.29. The van der Waals surface area contributed by atoms with Gasteiger partial charge >= 0.3 is 6.18 Å². The summed E-state index contributed by atoms with van der Waals surface area (Å²) in [5.41, 5.74) is 3.51. The molecule has 2 nitrogen and oxygen atoms in total. The molecule has 0 fully saturated rings. The molecule has 0 unspecified atom stereocenters. The van der Waals surface area contributed by atoms with E-state index in [1.165, 1.54) is 23.3 Å². The second kappa shape index (κ2) is 9.14. The number of benzene rings is 2. The van der Waals surface area contributed by atoms with Crippen molar-refractivity contribution in [2.75, 3.05) is 6.54 Å². The zero-order valence-electron chi connectivity index (χ0n) is 16.5. The van der Waals surface area contributed by atoms with E-state index in [9.17, 15) is 13.2 Å². The lowest BCUT2D eigenvalue weighted by molar-refractivity contribution is -0.137. The Morgan fingerprint density at radius 3 is 2.41 bits per heavy atom. The highest BCUT2D eigenvalue weighted by atomic mass is 19.4. The summed E-state index contributed by atoms with van der Waals surface area (Å²) >= 11 is 0. The van der Waals surface area contributed by atoms with Crippen LogP contribution >= 0.6 is 0 Å². The van der Waals surface area contributed by atoms with Gasteiger partial charge in [0.1, 0.15) is 0 Å². The number of hydrogen-bond acceptors (Lipinski definition) is 1. The topological polar surface area (TPSA) is 8.17 Å². The molecular weight excluding hydrogens is 373 g/mol. The Morgan fingerprint density at radius 2 is 1.72 bits per heavy atom. The first-order valence-corrected chi connectivity index (χ1v) is 9.54. The molecule has 0 aliphatic heterocycles. The van der Waals surface area contributed by atoms with E-state index in [1.807, 2.05) is 29.0 Å². The molecule has 0 aliphatic rings. The zero-order valence-corrected chi connectivity index (χ0v) is 16.5. The number of aromatic nitrogens is 1. The summed E-state index contributed by atoms with van der Waals surface area (Å²) in [6, 6.07) is 17.9. The lowest BCUT2D eigenvalue weighted by atomic mass is 10.1. The monoisotopic (exact) mass is 398 g/mol. The first-order valence-electron chi connectivity index (χ1n) is 9.54. The molecule has 3 aromatic rings. The molecule has 0 spiro atoms. The maximum atomic E-state index is 13.0. The van der Waals surface area contributed by atoms with Crippen LogP contribution in [0.25, 0.3) is 0 Å². The standard InChI is InChI=1S/C24H25F3N2/c1-3-13-28(16-20-11-9-19(2)10-12-20)18-23-8-5-14-29(23)17-21-6-4-7-22(15-21)24(25,26)27/h3-12,14-15H,1,13,16-18H2,2H3. The van der Waals surface area contributed by atoms with Crippen molar-refractivity contribution in [1.29, 1.82) is 0 Å². The third-order valence-electron chi connectivity index (χ3n) is 4.83. The second-order valence-corrected chi connectivity index (χ2v) is 7.27. The molecule has 1 heterocycles. The highest BCUT2D eigenvalue weighted by molar-refractivity contribution is 5.27. The fourth-order valence-electron chi connectivity index (χ4n) is 3.34. The van der Waals surface area contributed by atoms with E-state index in [-0.39, 0.29) is 0 Å². The van der Waals surface area contributed by atoms with Crippen LogP contribution in [-0.2, 0) is 25.8 Å².